The molecule has 1 aliphatic heterocycles. The van der Waals surface area contributed by atoms with Crippen LogP contribution >= 0.6 is 11.6 Å². The van der Waals surface area contributed by atoms with Crippen molar-refractivity contribution in [3.05, 3.63) is 81.1 Å². The molecule has 182 valence electrons. The lowest BCUT2D eigenvalue weighted by Gasteiger charge is -2.36. The van der Waals surface area contributed by atoms with Gasteiger partial charge in [0.05, 0.1) is 26.9 Å². The van der Waals surface area contributed by atoms with E-state index in [0.717, 1.165) is 44.0 Å². The van der Waals surface area contributed by atoms with Crippen molar-refractivity contribution in [3.8, 4) is 11.3 Å². The zero-order valence-corrected chi connectivity index (χ0v) is 20.4. The molecule has 1 saturated heterocycles. The summed E-state index contributed by atoms with van der Waals surface area (Å²) in [5.74, 6) is 0.437. The first-order valence-corrected chi connectivity index (χ1v) is 11.8. The minimum absolute atomic E-state index is 0.0270. The van der Waals surface area contributed by atoms with Crippen molar-refractivity contribution in [2.75, 3.05) is 42.9 Å². The number of piperazine rings is 1. The fourth-order valence-corrected chi connectivity index (χ4v) is 4.44. The SMILES string of the molecule is CCN1CCN(c2c(Cl)cccc2NC(=O)/C=C/c2ccc(-c3ccc(C)cc3[N+](=O)[O-])o2)CC1. The number of carbonyl (C=O) groups excluding carboxylic acids is 1. The lowest BCUT2D eigenvalue weighted by atomic mass is 10.1. The Kier molecular flexibility index (Phi) is 7.53. The van der Waals surface area contributed by atoms with Crippen LogP contribution in [0.5, 0.6) is 0 Å². The number of benzene rings is 2. The molecule has 1 N–H and O–H groups in total. The van der Waals surface area contributed by atoms with Gasteiger partial charge in [0, 0.05) is 38.3 Å². The van der Waals surface area contributed by atoms with Gasteiger partial charge in [0.15, 0.2) is 0 Å². The maximum Gasteiger partial charge on any atom is 0.280 e. The smallest absolute Gasteiger partial charge is 0.280 e. The van der Waals surface area contributed by atoms with Crippen LogP contribution in [-0.4, -0.2) is 48.5 Å². The average Bonchev–Trinajstić information content (AvgIpc) is 3.32. The van der Waals surface area contributed by atoms with Crippen molar-refractivity contribution in [2.24, 2.45) is 0 Å². The quantitative estimate of drug-likeness (QED) is 0.261. The number of nitrogens with one attached hydrogen (secondary N) is 1. The molecule has 3 aromatic rings. The third-order valence-corrected chi connectivity index (χ3v) is 6.33. The molecule has 4 rings (SSSR count). The lowest BCUT2D eigenvalue weighted by Crippen LogP contribution is -2.46. The number of nitro groups is 1. The van der Waals surface area contributed by atoms with Crippen molar-refractivity contribution in [1.82, 2.24) is 4.90 Å². The van der Waals surface area contributed by atoms with E-state index in [9.17, 15) is 14.9 Å². The van der Waals surface area contributed by atoms with Gasteiger partial charge in [-0.3, -0.25) is 14.9 Å². The summed E-state index contributed by atoms with van der Waals surface area (Å²) in [7, 11) is 0. The molecule has 0 aliphatic carbocycles. The van der Waals surface area contributed by atoms with Crippen molar-refractivity contribution < 1.29 is 14.1 Å². The first-order valence-electron chi connectivity index (χ1n) is 11.5. The second kappa shape index (κ2) is 10.8. The standard InChI is InChI=1S/C26H27ClN4O4/c1-3-29-13-15-30(16-14-29)26-21(27)5-4-6-22(26)28-25(32)12-9-19-8-11-24(35-19)20-10-7-18(2)17-23(20)31(33)34/h4-12,17H,3,13-16H2,1-2H3,(H,28,32)/b12-9+. The van der Waals surface area contributed by atoms with Crippen LogP contribution in [0, 0.1) is 17.0 Å². The largest absolute Gasteiger partial charge is 0.456 e. The van der Waals surface area contributed by atoms with Crippen LogP contribution in [0.2, 0.25) is 5.02 Å². The minimum Gasteiger partial charge on any atom is -0.456 e. The van der Waals surface area contributed by atoms with E-state index < -0.39 is 4.92 Å². The fraction of sp³-hybridized carbons (Fsp3) is 0.269. The number of hydrogen-bond donors (Lipinski definition) is 1. The van der Waals surface area contributed by atoms with Crippen LogP contribution < -0.4 is 10.2 Å². The highest BCUT2D eigenvalue weighted by molar-refractivity contribution is 6.34. The summed E-state index contributed by atoms with van der Waals surface area (Å²) < 4.78 is 5.75. The molecule has 0 bridgehead atoms. The van der Waals surface area contributed by atoms with E-state index in [2.05, 4.69) is 22.0 Å². The number of furan rings is 1. The number of aryl methyl sites for hydroxylation is 1. The molecule has 0 atom stereocenters. The Bertz CT molecular complexity index is 1260. The van der Waals surface area contributed by atoms with Gasteiger partial charge in [0.2, 0.25) is 5.91 Å². The summed E-state index contributed by atoms with van der Waals surface area (Å²) >= 11 is 6.51. The molecule has 35 heavy (non-hydrogen) atoms. The van der Waals surface area contributed by atoms with E-state index in [1.165, 1.54) is 18.2 Å². The summed E-state index contributed by atoms with van der Waals surface area (Å²) in [5, 5.41) is 14.9. The van der Waals surface area contributed by atoms with Crippen LogP contribution in [0.3, 0.4) is 0 Å². The molecule has 0 saturated carbocycles. The first kappa shape index (κ1) is 24.5. The van der Waals surface area contributed by atoms with Gasteiger partial charge in [-0.05, 0) is 55.4 Å². The number of amides is 1. The molecule has 1 aliphatic rings. The molecule has 1 aromatic heterocycles. The second-order valence-corrected chi connectivity index (χ2v) is 8.77. The van der Waals surface area contributed by atoms with Crippen LogP contribution in [0.25, 0.3) is 17.4 Å². The number of anilines is 2. The predicted octanol–water partition coefficient (Wildman–Crippen LogP) is 5.61. The van der Waals surface area contributed by atoms with Crippen molar-refractivity contribution >= 4 is 40.6 Å². The van der Waals surface area contributed by atoms with Crippen molar-refractivity contribution in [2.45, 2.75) is 13.8 Å². The van der Waals surface area contributed by atoms with E-state index in [-0.39, 0.29) is 11.6 Å². The third kappa shape index (κ3) is 5.72. The summed E-state index contributed by atoms with van der Waals surface area (Å²) in [4.78, 5) is 28.2. The van der Waals surface area contributed by atoms with Crippen LogP contribution in [-0.2, 0) is 4.79 Å². The minimum atomic E-state index is -0.432. The first-order chi connectivity index (χ1) is 16.9. The summed E-state index contributed by atoms with van der Waals surface area (Å²) in [6, 6.07) is 13.7. The molecule has 8 nitrogen and oxygen atoms in total. The number of hydrogen-bond acceptors (Lipinski definition) is 6. The molecular formula is C26H27ClN4O4. The molecule has 0 unspecified atom stereocenters. The zero-order chi connectivity index (χ0) is 24.9. The van der Waals surface area contributed by atoms with Crippen molar-refractivity contribution in [1.29, 1.82) is 0 Å². The number of halogens is 1. The lowest BCUT2D eigenvalue weighted by molar-refractivity contribution is -0.384. The monoisotopic (exact) mass is 494 g/mol. The van der Waals surface area contributed by atoms with E-state index in [0.29, 0.717) is 27.8 Å². The Morgan fingerprint density at radius 2 is 1.94 bits per heavy atom. The number of likely N-dealkylation sites (N-methyl/N-ethyl adjacent to an activating group) is 1. The van der Waals surface area contributed by atoms with E-state index in [1.807, 2.05) is 12.1 Å². The number of rotatable bonds is 7. The molecule has 1 amide bonds. The van der Waals surface area contributed by atoms with E-state index in [1.54, 1.807) is 37.3 Å². The van der Waals surface area contributed by atoms with Gasteiger partial charge in [-0.15, -0.1) is 0 Å². The fourth-order valence-electron chi connectivity index (χ4n) is 4.15. The van der Waals surface area contributed by atoms with Crippen LogP contribution in [0.4, 0.5) is 17.1 Å². The van der Waals surface area contributed by atoms with Gasteiger partial charge < -0.3 is 19.5 Å². The number of para-hydroxylation sites is 1. The highest BCUT2D eigenvalue weighted by Crippen LogP contribution is 2.35. The molecule has 2 heterocycles. The highest BCUT2D eigenvalue weighted by atomic mass is 35.5. The topological polar surface area (TPSA) is 91.9 Å². The number of nitrogens with zero attached hydrogens (tertiary/aromatic N) is 3. The van der Waals surface area contributed by atoms with Crippen molar-refractivity contribution in [3.63, 3.8) is 0 Å². The Balaban J connectivity index is 1.48. The summed E-state index contributed by atoms with van der Waals surface area (Å²) in [5.41, 5.74) is 2.61. The molecular weight excluding hydrogens is 468 g/mol. The van der Waals surface area contributed by atoms with Crippen LogP contribution in [0.15, 0.2) is 59.0 Å². The molecule has 0 spiro atoms. The van der Waals surface area contributed by atoms with E-state index in [4.69, 9.17) is 16.0 Å². The number of carbonyl (C=O) groups is 1. The summed E-state index contributed by atoms with van der Waals surface area (Å²) in [6.07, 6.45) is 2.90. The Morgan fingerprint density at radius 1 is 1.17 bits per heavy atom. The van der Waals surface area contributed by atoms with Gasteiger partial charge in [-0.1, -0.05) is 30.7 Å². The van der Waals surface area contributed by atoms with Crippen LogP contribution in [0.1, 0.15) is 18.2 Å². The molecule has 2 aromatic carbocycles. The Morgan fingerprint density at radius 3 is 2.66 bits per heavy atom. The molecule has 9 heteroatoms. The van der Waals surface area contributed by atoms with Gasteiger partial charge >= 0.3 is 0 Å². The third-order valence-electron chi connectivity index (χ3n) is 6.02. The number of nitro benzene ring substituents is 1. The highest BCUT2D eigenvalue weighted by Gasteiger charge is 2.21. The Labute approximate surface area is 208 Å². The summed E-state index contributed by atoms with van der Waals surface area (Å²) in [6.45, 7) is 8.49. The zero-order valence-electron chi connectivity index (χ0n) is 19.7. The average molecular weight is 495 g/mol. The predicted molar refractivity (Wildman–Crippen MR) is 139 cm³/mol. The maximum absolute atomic E-state index is 12.7. The van der Waals surface area contributed by atoms with E-state index >= 15 is 0 Å². The van der Waals surface area contributed by atoms with Gasteiger partial charge in [-0.2, -0.15) is 0 Å². The molecule has 0 radical (unpaired) electrons. The Hall–Kier alpha value is -3.62. The van der Waals surface area contributed by atoms with Gasteiger partial charge in [0.25, 0.3) is 5.69 Å². The van der Waals surface area contributed by atoms with Gasteiger partial charge in [-0.25, -0.2) is 0 Å². The second-order valence-electron chi connectivity index (χ2n) is 8.36. The molecule has 1 fully saturated rings. The maximum atomic E-state index is 12.7. The normalized spacial score (nSPS) is 14.4. The van der Waals surface area contributed by atoms with Gasteiger partial charge in [0.1, 0.15) is 11.5 Å².